The van der Waals surface area contributed by atoms with E-state index in [1.807, 2.05) is 24.4 Å². The molecule has 1 saturated heterocycles. The van der Waals surface area contributed by atoms with Gasteiger partial charge in [0.05, 0.1) is 29.7 Å². The summed E-state index contributed by atoms with van der Waals surface area (Å²) in [5.74, 6) is 1.59. The molecule has 5 rings (SSSR count). The summed E-state index contributed by atoms with van der Waals surface area (Å²) in [7, 11) is 1.76. The molecule has 0 bridgehead atoms. The summed E-state index contributed by atoms with van der Waals surface area (Å²) in [4.78, 5) is 9.38. The second-order valence-electron chi connectivity index (χ2n) is 7.20. The predicted molar refractivity (Wildman–Crippen MR) is 101 cm³/mol. The summed E-state index contributed by atoms with van der Waals surface area (Å²) >= 11 is 0. The summed E-state index contributed by atoms with van der Waals surface area (Å²) in [6.45, 7) is 1.75. The van der Waals surface area contributed by atoms with Crippen molar-refractivity contribution in [3.63, 3.8) is 0 Å². The zero-order valence-electron chi connectivity index (χ0n) is 14.9. The van der Waals surface area contributed by atoms with Crippen LogP contribution in [-0.2, 0) is 4.74 Å². The van der Waals surface area contributed by atoms with Gasteiger partial charge in [-0.15, -0.1) is 0 Å². The zero-order valence-corrected chi connectivity index (χ0v) is 14.9. The lowest BCUT2D eigenvalue weighted by atomic mass is 10.2. The van der Waals surface area contributed by atoms with E-state index >= 15 is 0 Å². The van der Waals surface area contributed by atoms with Gasteiger partial charge in [0.15, 0.2) is 0 Å². The summed E-state index contributed by atoms with van der Waals surface area (Å²) in [5.41, 5.74) is 4.31. The third-order valence-electron chi connectivity index (χ3n) is 5.38. The molecule has 0 aromatic carbocycles. The van der Waals surface area contributed by atoms with Crippen LogP contribution in [0.1, 0.15) is 24.3 Å². The number of nitrogens with zero attached hydrogens (tertiary/aromatic N) is 3. The number of nitrogens with one attached hydrogen (secondary N) is 2. The third kappa shape index (κ3) is 2.85. The summed E-state index contributed by atoms with van der Waals surface area (Å²) in [5, 5.41) is 6.86. The SMILES string of the molecule is CO[C@H]1CNC[C@@H]1Nc1cccc(-c2cnc3ccc(C4CC4)cn23)n1. The topological polar surface area (TPSA) is 63.5 Å². The first-order valence-corrected chi connectivity index (χ1v) is 9.26. The maximum Gasteiger partial charge on any atom is 0.137 e. The van der Waals surface area contributed by atoms with Crippen molar-refractivity contribution < 1.29 is 4.74 Å². The molecule has 3 aromatic rings. The molecule has 3 aromatic heterocycles. The quantitative estimate of drug-likeness (QED) is 0.741. The van der Waals surface area contributed by atoms with Crippen molar-refractivity contribution in [1.82, 2.24) is 19.7 Å². The summed E-state index contributed by atoms with van der Waals surface area (Å²) < 4.78 is 7.69. The predicted octanol–water partition coefficient (Wildman–Crippen LogP) is 2.67. The fraction of sp³-hybridized carbons (Fsp3) is 0.400. The number of methoxy groups -OCH3 is 1. The molecular weight excluding hydrogens is 326 g/mol. The minimum absolute atomic E-state index is 0.164. The average Bonchev–Trinajstić information content (AvgIpc) is 3.29. The molecule has 1 saturated carbocycles. The Kier molecular flexibility index (Phi) is 3.87. The maximum atomic E-state index is 5.53. The molecule has 134 valence electrons. The van der Waals surface area contributed by atoms with Gasteiger partial charge >= 0.3 is 0 Å². The second-order valence-corrected chi connectivity index (χ2v) is 7.20. The number of rotatable bonds is 5. The van der Waals surface area contributed by atoms with Crippen molar-refractivity contribution in [2.24, 2.45) is 0 Å². The third-order valence-corrected chi connectivity index (χ3v) is 5.38. The Labute approximate surface area is 152 Å². The number of pyridine rings is 2. The van der Waals surface area contributed by atoms with Crippen molar-refractivity contribution in [3.05, 3.63) is 48.3 Å². The van der Waals surface area contributed by atoms with Crippen molar-refractivity contribution in [1.29, 1.82) is 0 Å². The minimum Gasteiger partial charge on any atom is -0.378 e. The van der Waals surface area contributed by atoms with Gasteiger partial charge in [0.25, 0.3) is 0 Å². The van der Waals surface area contributed by atoms with Crippen LogP contribution >= 0.6 is 0 Å². The number of aromatic nitrogens is 3. The molecule has 4 heterocycles. The van der Waals surface area contributed by atoms with E-state index in [-0.39, 0.29) is 12.1 Å². The second kappa shape index (κ2) is 6.37. The van der Waals surface area contributed by atoms with Crippen LogP contribution in [0.5, 0.6) is 0 Å². The fourth-order valence-electron chi connectivity index (χ4n) is 3.74. The van der Waals surface area contributed by atoms with E-state index in [2.05, 4.69) is 38.3 Å². The van der Waals surface area contributed by atoms with E-state index in [0.717, 1.165) is 41.9 Å². The fourth-order valence-corrected chi connectivity index (χ4v) is 3.74. The van der Waals surface area contributed by atoms with Crippen LogP contribution in [-0.4, -0.2) is 46.7 Å². The van der Waals surface area contributed by atoms with E-state index < -0.39 is 0 Å². The van der Waals surface area contributed by atoms with Gasteiger partial charge in [0, 0.05) is 26.4 Å². The lowest BCUT2D eigenvalue weighted by Gasteiger charge is -2.19. The van der Waals surface area contributed by atoms with Crippen LogP contribution in [0.25, 0.3) is 17.0 Å². The molecule has 0 unspecified atom stereocenters. The molecule has 2 atom stereocenters. The Morgan fingerprint density at radius 2 is 2.12 bits per heavy atom. The molecule has 0 amide bonds. The van der Waals surface area contributed by atoms with Gasteiger partial charge in [0.2, 0.25) is 0 Å². The Morgan fingerprint density at radius 1 is 1.19 bits per heavy atom. The molecule has 1 aliphatic carbocycles. The first-order valence-electron chi connectivity index (χ1n) is 9.26. The Balaban J connectivity index is 1.46. The number of hydrogen-bond acceptors (Lipinski definition) is 5. The Bertz CT molecular complexity index is 933. The van der Waals surface area contributed by atoms with Gasteiger partial charge in [-0.2, -0.15) is 0 Å². The number of anilines is 1. The molecule has 1 aliphatic heterocycles. The highest BCUT2D eigenvalue weighted by molar-refractivity contribution is 5.62. The maximum absolute atomic E-state index is 5.53. The van der Waals surface area contributed by atoms with Crippen LogP contribution in [0.4, 0.5) is 5.82 Å². The monoisotopic (exact) mass is 349 g/mol. The van der Waals surface area contributed by atoms with Gasteiger partial charge in [-0.25, -0.2) is 9.97 Å². The molecular formula is C20H23N5O. The van der Waals surface area contributed by atoms with Crippen LogP contribution < -0.4 is 10.6 Å². The van der Waals surface area contributed by atoms with Crippen molar-refractivity contribution in [2.45, 2.75) is 30.9 Å². The first-order chi connectivity index (χ1) is 12.8. The summed E-state index contributed by atoms with van der Waals surface area (Å²) in [6, 6.07) is 10.6. The lowest BCUT2D eigenvalue weighted by molar-refractivity contribution is 0.111. The highest BCUT2D eigenvalue weighted by Crippen LogP contribution is 2.40. The number of imidazole rings is 1. The summed E-state index contributed by atoms with van der Waals surface area (Å²) in [6.07, 6.45) is 6.89. The highest BCUT2D eigenvalue weighted by atomic mass is 16.5. The zero-order chi connectivity index (χ0) is 17.5. The van der Waals surface area contributed by atoms with Crippen molar-refractivity contribution in [2.75, 3.05) is 25.5 Å². The van der Waals surface area contributed by atoms with Crippen LogP contribution in [0.3, 0.4) is 0 Å². The Hall–Kier alpha value is -2.44. The van der Waals surface area contributed by atoms with Gasteiger partial charge in [-0.1, -0.05) is 12.1 Å². The first kappa shape index (κ1) is 15.8. The molecule has 2 N–H and O–H groups in total. The van der Waals surface area contributed by atoms with Gasteiger partial charge in [0.1, 0.15) is 11.5 Å². The Morgan fingerprint density at radius 3 is 2.96 bits per heavy atom. The van der Waals surface area contributed by atoms with E-state index in [9.17, 15) is 0 Å². The molecule has 2 aliphatic rings. The highest BCUT2D eigenvalue weighted by Gasteiger charge is 2.27. The number of ether oxygens (including phenoxy) is 1. The minimum atomic E-state index is 0.164. The molecule has 0 spiro atoms. The van der Waals surface area contributed by atoms with Crippen molar-refractivity contribution in [3.8, 4) is 11.4 Å². The largest absolute Gasteiger partial charge is 0.378 e. The normalized spacial score (nSPS) is 22.8. The van der Waals surface area contributed by atoms with Crippen LogP contribution in [0.15, 0.2) is 42.7 Å². The van der Waals surface area contributed by atoms with Crippen molar-refractivity contribution >= 4 is 11.5 Å². The lowest BCUT2D eigenvalue weighted by Crippen LogP contribution is -2.33. The van der Waals surface area contributed by atoms with Gasteiger partial charge in [-0.3, -0.25) is 4.40 Å². The number of hydrogen-bond donors (Lipinski definition) is 2. The standard InChI is InChI=1S/C20H23N5O/c1-26-18-11-21-9-16(18)24-19-4-2-3-15(23-19)17-10-22-20-8-7-14(12-25(17)20)13-5-6-13/h2-4,7-8,10,12-13,16,18,21H,5-6,9,11H2,1H3,(H,23,24)/t16-,18-/m0/s1. The van der Waals surface area contributed by atoms with E-state index in [1.54, 1.807) is 7.11 Å². The average molecular weight is 349 g/mol. The molecule has 6 heteroatoms. The van der Waals surface area contributed by atoms with Crippen LogP contribution in [0.2, 0.25) is 0 Å². The molecule has 0 radical (unpaired) electrons. The van der Waals surface area contributed by atoms with Gasteiger partial charge in [-0.05, 0) is 42.5 Å². The molecule has 26 heavy (non-hydrogen) atoms. The van der Waals surface area contributed by atoms with E-state index in [1.165, 1.54) is 18.4 Å². The smallest absolute Gasteiger partial charge is 0.137 e. The molecule has 6 nitrogen and oxygen atoms in total. The van der Waals surface area contributed by atoms with E-state index in [0.29, 0.717) is 0 Å². The molecule has 2 fully saturated rings. The van der Waals surface area contributed by atoms with Crippen LogP contribution in [0, 0.1) is 0 Å². The number of fused-ring (bicyclic) bond motifs is 1. The van der Waals surface area contributed by atoms with Gasteiger partial charge < -0.3 is 15.4 Å². The van der Waals surface area contributed by atoms with E-state index in [4.69, 9.17) is 9.72 Å².